The Bertz CT molecular complexity index is 831. The van der Waals surface area contributed by atoms with Gasteiger partial charge in [-0.25, -0.2) is 14.6 Å². The largest absolute Gasteiger partial charge is 0.444 e. The van der Waals surface area contributed by atoms with Crippen LogP contribution in [0.25, 0.3) is 0 Å². The van der Waals surface area contributed by atoms with Crippen molar-refractivity contribution < 1.29 is 28.9 Å². The maximum absolute atomic E-state index is 12.7. The van der Waals surface area contributed by atoms with Crippen molar-refractivity contribution in [1.82, 2.24) is 9.88 Å². The van der Waals surface area contributed by atoms with Gasteiger partial charge in [-0.1, -0.05) is 0 Å². The molecule has 0 spiro atoms. The van der Waals surface area contributed by atoms with Gasteiger partial charge in [-0.2, -0.15) is 0 Å². The van der Waals surface area contributed by atoms with Gasteiger partial charge < -0.3 is 24.2 Å². The summed E-state index contributed by atoms with van der Waals surface area (Å²) in [6.45, 7) is 14.5. The molecular formula is C25H41N3O6. The second-order valence-electron chi connectivity index (χ2n) is 10.8. The molecule has 0 saturated carbocycles. The number of aromatic nitrogens is 1. The van der Waals surface area contributed by atoms with Crippen molar-refractivity contribution in [2.75, 3.05) is 31.6 Å². The van der Waals surface area contributed by atoms with Crippen LogP contribution in [0.3, 0.4) is 0 Å². The minimum atomic E-state index is -0.605. The Balaban J connectivity index is 2.12. The lowest BCUT2D eigenvalue weighted by Gasteiger charge is -2.24. The Kier molecular flexibility index (Phi) is 9.70. The molecule has 9 heteroatoms. The van der Waals surface area contributed by atoms with E-state index in [1.165, 1.54) is 0 Å². The lowest BCUT2D eigenvalue weighted by Crippen LogP contribution is -2.36. The molecule has 0 aliphatic carbocycles. The number of aliphatic hydroxyl groups is 1. The highest BCUT2D eigenvalue weighted by atomic mass is 16.6. The van der Waals surface area contributed by atoms with Gasteiger partial charge in [-0.3, -0.25) is 5.32 Å². The molecule has 2 N–H and O–H groups in total. The van der Waals surface area contributed by atoms with Crippen LogP contribution < -0.4 is 5.32 Å². The van der Waals surface area contributed by atoms with Crippen LogP contribution in [-0.4, -0.2) is 70.8 Å². The van der Waals surface area contributed by atoms with Gasteiger partial charge in [0.1, 0.15) is 17.0 Å². The van der Waals surface area contributed by atoms with Crippen molar-refractivity contribution >= 4 is 18.0 Å². The molecule has 2 heterocycles. The number of ether oxygens (including phenoxy) is 3. The fourth-order valence-electron chi connectivity index (χ4n) is 3.74. The molecule has 2 amide bonds. The Morgan fingerprint density at radius 1 is 1.09 bits per heavy atom. The lowest BCUT2D eigenvalue weighted by atomic mass is 9.98. The topological polar surface area (TPSA) is 110 Å². The molecule has 1 aliphatic heterocycles. The van der Waals surface area contributed by atoms with E-state index in [2.05, 4.69) is 10.3 Å². The molecule has 9 nitrogen and oxygen atoms in total. The maximum atomic E-state index is 12.7. The molecule has 0 radical (unpaired) electrons. The van der Waals surface area contributed by atoms with E-state index in [0.717, 1.165) is 17.7 Å². The Hall–Kier alpha value is -2.39. The van der Waals surface area contributed by atoms with E-state index >= 15 is 0 Å². The number of carbonyl (C=O) groups is 2. The molecule has 34 heavy (non-hydrogen) atoms. The molecule has 0 unspecified atom stereocenters. The molecule has 1 saturated heterocycles. The van der Waals surface area contributed by atoms with E-state index in [0.29, 0.717) is 38.4 Å². The Morgan fingerprint density at radius 2 is 1.76 bits per heavy atom. The van der Waals surface area contributed by atoms with Crippen molar-refractivity contribution in [1.29, 1.82) is 0 Å². The third kappa shape index (κ3) is 9.85. The van der Waals surface area contributed by atoms with Crippen molar-refractivity contribution in [3.8, 4) is 0 Å². The molecule has 192 valence electrons. The highest BCUT2D eigenvalue weighted by molar-refractivity contribution is 5.83. The quantitative estimate of drug-likeness (QED) is 0.535. The summed E-state index contributed by atoms with van der Waals surface area (Å²) in [4.78, 5) is 31.1. The second-order valence-corrected chi connectivity index (χ2v) is 10.8. The molecule has 1 fully saturated rings. The molecule has 1 aliphatic rings. The Morgan fingerprint density at radius 3 is 2.38 bits per heavy atom. The summed E-state index contributed by atoms with van der Waals surface area (Å²) in [5.74, 6) is 0.442. The highest BCUT2D eigenvalue weighted by Crippen LogP contribution is 2.26. The number of amides is 2. The highest BCUT2D eigenvalue weighted by Gasteiger charge is 2.38. The fraction of sp³-hybridized carbons (Fsp3) is 0.720. The van der Waals surface area contributed by atoms with Gasteiger partial charge in [-0.05, 0) is 85.4 Å². The number of hydrogen-bond donors (Lipinski definition) is 2. The molecular weight excluding hydrogens is 438 g/mol. The number of pyridine rings is 1. The number of aryl methyl sites for hydroxylation is 1. The average molecular weight is 480 g/mol. The number of nitrogens with one attached hydrogen (secondary N) is 1. The van der Waals surface area contributed by atoms with Crippen LogP contribution in [0.15, 0.2) is 12.1 Å². The smallest absolute Gasteiger partial charge is 0.413 e. The van der Waals surface area contributed by atoms with E-state index in [1.807, 2.05) is 33.8 Å². The first-order chi connectivity index (χ1) is 15.8. The van der Waals surface area contributed by atoms with Crippen LogP contribution in [0.4, 0.5) is 15.4 Å². The molecule has 0 bridgehead atoms. The van der Waals surface area contributed by atoms with Gasteiger partial charge >= 0.3 is 12.2 Å². The van der Waals surface area contributed by atoms with Gasteiger partial charge in [0, 0.05) is 31.4 Å². The third-order valence-corrected chi connectivity index (χ3v) is 5.04. The van der Waals surface area contributed by atoms with E-state index < -0.39 is 17.3 Å². The van der Waals surface area contributed by atoms with E-state index in [4.69, 9.17) is 19.3 Å². The normalized spacial score (nSPS) is 18.6. The summed E-state index contributed by atoms with van der Waals surface area (Å²) in [7, 11) is 0. The molecule has 2 atom stereocenters. The monoisotopic (exact) mass is 479 g/mol. The zero-order valence-electron chi connectivity index (χ0n) is 21.6. The summed E-state index contributed by atoms with van der Waals surface area (Å²) in [6.07, 6.45) is 0.914. The first-order valence-corrected chi connectivity index (χ1v) is 11.9. The van der Waals surface area contributed by atoms with Crippen molar-refractivity contribution in [2.24, 2.45) is 5.92 Å². The number of nitrogens with zero attached hydrogens (tertiary/aromatic N) is 2. The molecule has 0 aromatic carbocycles. The summed E-state index contributed by atoms with van der Waals surface area (Å²) >= 11 is 0. The summed E-state index contributed by atoms with van der Waals surface area (Å²) < 4.78 is 17.0. The molecule has 2 rings (SSSR count). The standard InChI is InChI=1S/C25H41N3O6/c1-17-12-19(26-21(13-17)27-22(30)33-24(2,3)4)14-18-15-28(23(31)34-25(5,6)7)16-20(18)32-11-9-8-10-29/h12-13,18,20,29H,8-11,14-16H2,1-7H3,(H,26,27,30)/t18-,20+/m1/s1. The van der Waals surface area contributed by atoms with Crippen LogP contribution >= 0.6 is 0 Å². The van der Waals surface area contributed by atoms with Crippen molar-refractivity contribution in [3.63, 3.8) is 0 Å². The van der Waals surface area contributed by atoms with Gasteiger partial charge in [0.25, 0.3) is 0 Å². The van der Waals surface area contributed by atoms with E-state index in [9.17, 15) is 9.59 Å². The number of anilines is 1. The summed E-state index contributed by atoms with van der Waals surface area (Å²) in [6, 6.07) is 3.76. The minimum Gasteiger partial charge on any atom is -0.444 e. The zero-order chi connectivity index (χ0) is 25.5. The first kappa shape index (κ1) is 27.9. The number of rotatable bonds is 8. The predicted octanol–water partition coefficient (Wildman–Crippen LogP) is 4.30. The number of aliphatic hydroxyl groups excluding tert-OH is 1. The van der Waals surface area contributed by atoms with Crippen molar-refractivity contribution in [3.05, 3.63) is 23.4 Å². The van der Waals surface area contributed by atoms with E-state index in [-0.39, 0.29) is 24.7 Å². The second kappa shape index (κ2) is 11.8. The fourth-order valence-corrected chi connectivity index (χ4v) is 3.74. The average Bonchev–Trinajstić information content (AvgIpc) is 3.04. The predicted molar refractivity (Wildman–Crippen MR) is 130 cm³/mol. The number of likely N-dealkylation sites (tertiary alicyclic amines) is 1. The van der Waals surface area contributed by atoms with Gasteiger partial charge in [0.05, 0.1) is 12.6 Å². The van der Waals surface area contributed by atoms with Crippen LogP contribution in [0.5, 0.6) is 0 Å². The lowest BCUT2D eigenvalue weighted by molar-refractivity contribution is 0.0165. The SMILES string of the molecule is Cc1cc(C[C@@H]2CN(C(=O)OC(C)(C)C)C[C@@H]2OCCCCO)nc(NC(=O)OC(C)(C)C)c1. The summed E-state index contributed by atoms with van der Waals surface area (Å²) in [5.41, 5.74) is 0.573. The van der Waals surface area contributed by atoms with Gasteiger partial charge in [0.15, 0.2) is 0 Å². The molecule has 1 aromatic heterocycles. The number of carbonyl (C=O) groups excluding carboxylic acids is 2. The first-order valence-electron chi connectivity index (χ1n) is 11.9. The molecule has 1 aromatic rings. The Labute approximate surface area is 203 Å². The zero-order valence-corrected chi connectivity index (χ0v) is 21.6. The van der Waals surface area contributed by atoms with Gasteiger partial charge in [0.2, 0.25) is 0 Å². The minimum absolute atomic E-state index is 0.0188. The summed E-state index contributed by atoms with van der Waals surface area (Å²) in [5, 5.41) is 11.7. The van der Waals surface area contributed by atoms with Gasteiger partial charge in [-0.15, -0.1) is 0 Å². The number of unbranched alkanes of at least 4 members (excludes halogenated alkanes) is 1. The van der Waals surface area contributed by atoms with Crippen LogP contribution in [0.1, 0.15) is 65.6 Å². The van der Waals surface area contributed by atoms with E-state index in [1.54, 1.807) is 31.7 Å². The van der Waals surface area contributed by atoms with Crippen LogP contribution in [0, 0.1) is 12.8 Å². The van der Waals surface area contributed by atoms with Crippen LogP contribution in [0.2, 0.25) is 0 Å². The van der Waals surface area contributed by atoms with Crippen molar-refractivity contribution in [2.45, 2.75) is 85.0 Å². The van der Waals surface area contributed by atoms with Crippen LogP contribution in [-0.2, 0) is 20.6 Å². The third-order valence-electron chi connectivity index (χ3n) is 5.04. The number of hydrogen-bond acceptors (Lipinski definition) is 7. The maximum Gasteiger partial charge on any atom is 0.413 e.